The fourth-order valence-corrected chi connectivity index (χ4v) is 7.43. The second kappa shape index (κ2) is 7.64. The summed E-state index contributed by atoms with van der Waals surface area (Å²) in [7, 11) is 1.70. The van der Waals surface area contributed by atoms with E-state index < -0.39 is 0 Å². The molecule has 4 aliphatic carbocycles. The quantitative estimate of drug-likeness (QED) is 0.598. The maximum absolute atomic E-state index is 12.7. The van der Waals surface area contributed by atoms with Gasteiger partial charge in [0.1, 0.15) is 5.78 Å². The molecular formula is C24H37N3O3. The topological polar surface area (TPSA) is 71.6 Å². The molecule has 6 heteroatoms. The number of fused-ring (bicyclic) bond motifs is 5. The zero-order chi connectivity index (χ0) is 20.9. The monoisotopic (exact) mass is 415 g/mol. The van der Waals surface area contributed by atoms with E-state index in [2.05, 4.69) is 36.2 Å². The molecule has 1 heterocycles. The van der Waals surface area contributed by atoms with E-state index in [1.165, 1.54) is 17.0 Å². The number of nitrogens with one attached hydrogen (secondary N) is 3. The SMILES string of the molecule is CONC1=C2C=C(NO[C@@H]3CCNC3)CC[C@]2(C)[C@H]2CC[C@]3(C)C(=O)CC[C@H]3[C@@H]2C1. The van der Waals surface area contributed by atoms with Crippen molar-refractivity contribution in [1.82, 2.24) is 16.3 Å². The summed E-state index contributed by atoms with van der Waals surface area (Å²) in [5.74, 6) is 2.21. The van der Waals surface area contributed by atoms with Gasteiger partial charge < -0.3 is 5.32 Å². The molecule has 0 radical (unpaired) electrons. The predicted molar refractivity (Wildman–Crippen MR) is 115 cm³/mol. The number of ketones is 1. The lowest BCUT2D eigenvalue weighted by Crippen LogP contribution is -2.51. The number of allylic oxidation sites excluding steroid dienone is 4. The Morgan fingerprint density at radius 2 is 1.90 bits per heavy atom. The first-order chi connectivity index (χ1) is 14.5. The molecule has 6 nitrogen and oxygen atoms in total. The minimum Gasteiger partial charge on any atom is -0.314 e. The van der Waals surface area contributed by atoms with Crippen molar-refractivity contribution in [3.8, 4) is 0 Å². The summed E-state index contributed by atoms with van der Waals surface area (Å²) in [6.45, 7) is 6.64. The third-order valence-electron chi connectivity index (χ3n) is 9.17. The summed E-state index contributed by atoms with van der Waals surface area (Å²) < 4.78 is 0. The fourth-order valence-electron chi connectivity index (χ4n) is 7.43. The second-order valence-corrected chi connectivity index (χ2v) is 10.6. The molecule has 0 bridgehead atoms. The smallest absolute Gasteiger partial charge is 0.139 e. The van der Waals surface area contributed by atoms with Gasteiger partial charge in [0.2, 0.25) is 0 Å². The van der Waals surface area contributed by atoms with Crippen LogP contribution in [0.1, 0.15) is 65.2 Å². The zero-order valence-corrected chi connectivity index (χ0v) is 18.7. The maximum Gasteiger partial charge on any atom is 0.139 e. The number of Topliss-reactive ketones (excluding diaryl/α,β-unsaturated/α-hetero) is 1. The minimum absolute atomic E-state index is 0.104. The lowest BCUT2D eigenvalue weighted by molar-refractivity contribution is -0.131. The Bertz CT molecular complexity index is 772. The van der Waals surface area contributed by atoms with Gasteiger partial charge in [-0.2, -0.15) is 0 Å². The van der Waals surface area contributed by atoms with Crippen LogP contribution in [0.25, 0.3) is 0 Å². The van der Waals surface area contributed by atoms with E-state index in [4.69, 9.17) is 9.68 Å². The molecule has 166 valence electrons. The highest BCUT2D eigenvalue weighted by Crippen LogP contribution is 2.64. The molecule has 0 amide bonds. The van der Waals surface area contributed by atoms with Crippen molar-refractivity contribution >= 4 is 5.78 Å². The van der Waals surface area contributed by atoms with Crippen molar-refractivity contribution in [1.29, 1.82) is 0 Å². The van der Waals surface area contributed by atoms with Crippen molar-refractivity contribution in [2.45, 2.75) is 71.3 Å². The van der Waals surface area contributed by atoms with E-state index >= 15 is 0 Å². The highest BCUT2D eigenvalue weighted by atomic mass is 16.7. The molecule has 30 heavy (non-hydrogen) atoms. The average Bonchev–Trinajstić information content (AvgIpc) is 3.35. The van der Waals surface area contributed by atoms with Crippen LogP contribution in [0.3, 0.4) is 0 Å². The first kappa shape index (κ1) is 20.5. The number of carbonyl (C=O) groups excluding carboxylic acids is 1. The zero-order valence-electron chi connectivity index (χ0n) is 18.7. The summed E-state index contributed by atoms with van der Waals surface area (Å²) in [6.07, 6.45) is 10.8. The molecule has 0 spiro atoms. The molecule has 0 aromatic rings. The Morgan fingerprint density at radius 1 is 1.07 bits per heavy atom. The molecule has 6 atom stereocenters. The molecule has 5 rings (SSSR count). The van der Waals surface area contributed by atoms with Crippen LogP contribution in [0.15, 0.2) is 23.0 Å². The Morgan fingerprint density at radius 3 is 2.67 bits per heavy atom. The number of hydrogen-bond acceptors (Lipinski definition) is 6. The van der Waals surface area contributed by atoms with Gasteiger partial charge in [-0.1, -0.05) is 13.8 Å². The van der Waals surface area contributed by atoms with E-state index in [9.17, 15) is 4.79 Å². The van der Waals surface area contributed by atoms with Crippen LogP contribution in [0.4, 0.5) is 0 Å². The molecule has 0 aromatic carbocycles. The molecular weight excluding hydrogens is 378 g/mol. The number of hydrogen-bond donors (Lipinski definition) is 3. The van der Waals surface area contributed by atoms with Crippen molar-refractivity contribution in [3.05, 3.63) is 23.0 Å². The van der Waals surface area contributed by atoms with Gasteiger partial charge in [-0.3, -0.25) is 25.4 Å². The lowest BCUT2D eigenvalue weighted by atomic mass is 9.48. The summed E-state index contributed by atoms with van der Waals surface area (Å²) in [5, 5.41) is 3.35. The van der Waals surface area contributed by atoms with Crippen LogP contribution in [0.5, 0.6) is 0 Å². The molecule has 2 saturated carbocycles. The van der Waals surface area contributed by atoms with Gasteiger partial charge in [0, 0.05) is 29.8 Å². The average molecular weight is 416 g/mol. The van der Waals surface area contributed by atoms with Gasteiger partial charge in [-0.15, -0.1) is 0 Å². The van der Waals surface area contributed by atoms with Crippen molar-refractivity contribution in [2.24, 2.45) is 28.6 Å². The van der Waals surface area contributed by atoms with Gasteiger partial charge in [0.15, 0.2) is 0 Å². The van der Waals surface area contributed by atoms with E-state index in [1.807, 2.05) is 0 Å². The highest BCUT2D eigenvalue weighted by molar-refractivity contribution is 5.87. The molecule has 0 unspecified atom stereocenters. The summed E-state index contributed by atoms with van der Waals surface area (Å²) in [4.78, 5) is 24.1. The third kappa shape index (κ3) is 3.14. The largest absolute Gasteiger partial charge is 0.314 e. The second-order valence-electron chi connectivity index (χ2n) is 10.6. The normalized spacial score (nSPS) is 43.0. The van der Waals surface area contributed by atoms with Crippen molar-refractivity contribution < 1.29 is 14.5 Å². The molecule has 1 aliphatic heterocycles. The number of rotatable bonds is 5. The third-order valence-corrected chi connectivity index (χ3v) is 9.17. The van der Waals surface area contributed by atoms with Crippen molar-refractivity contribution in [3.63, 3.8) is 0 Å². The van der Waals surface area contributed by atoms with Gasteiger partial charge in [0.05, 0.1) is 13.2 Å². The fraction of sp³-hybridized carbons (Fsp3) is 0.792. The molecule has 3 N–H and O–H groups in total. The van der Waals surface area contributed by atoms with E-state index in [-0.39, 0.29) is 16.9 Å². The Hall–Kier alpha value is -1.37. The number of carbonyl (C=O) groups is 1. The maximum atomic E-state index is 12.7. The van der Waals surface area contributed by atoms with Gasteiger partial charge in [-0.05, 0) is 86.3 Å². The van der Waals surface area contributed by atoms with E-state index in [0.29, 0.717) is 23.5 Å². The lowest BCUT2D eigenvalue weighted by Gasteiger charge is -2.56. The molecule has 3 fully saturated rings. The van der Waals surface area contributed by atoms with Crippen LogP contribution in [0.2, 0.25) is 0 Å². The summed E-state index contributed by atoms with van der Waals surface area (Å²) in [6, 6.07) is 0. The molecule has 1 saturated heterocycles. The van der Waals surface area contributed by atoms with Crippen LogP contribution in [-0.2, 0) is 14.5 Å². The van der Waals surface area contributed by atoms with Crippen molar-refractivity contribution in [2.75, 3.05) is 20.2 Å². The standard InChI is InChI=1S/C24H37N3O3/c1-23-9-6-15(26-30-16-8-11-25-14-16)12-20(23)21(27-29-3)13-17-18-4-5-22(28)24(18,2)10-7-19(17)23/h12,16-19,25-27H,4-11,13-14H2,1-3H3/t16-,17+,18+,19+,23-,24+/m1/s1. The Balaban J connectivity index is 1.44. The van der Waals surface area contributed by atoms with E-state index in [0.717, 1.165) is 64.5 Å². The molecule has 5 aliphatic rings. The van der Waals surface area contributed by atoms with Crippen LogP contribution >= 0.6 is 0 Å². The Labute approximate surface area is 180 Å². The Kier molecular flexibility index (Phi) is 5.23. The predicted octanol–water partition coefficient (Wildman–Crippen LogP) is 3.37. The van der Waals surface area contributed by atoms with E-state index in [1.54, 1.807) is 7.11 Å². The first-order valence-electron chi connectivity index (χ1n) is 11.8. The first-order valence-corrected chi connectivity index (χ1v) is 11.8. The summed E-state index contributed by atoms with van der Waals surface area (Å²) >= 11 is 0. The molecule has 0 aromatic heterocycles. The van der Waals surface area contributed by atoms with Gasteiger partial charge >= 0.3 is 0 Å². The minimum atomic E-state index is -0.104. The van der Waals surface area contributed by atoms with Crippen LogP contribution in [0, 0.1) is 28.6 Å². The highest BCUT2D eigenvalue weighted by Gasteiger charge is 2.59. The van der Waals surface area contributed by atoms with Gasteiger partial charge in [-0.25, -0.2) is 0 Å². The summed E-state index contributed by atoms with van der Waals surface area (Å²) in [5.41, 5.74) is 10.3. The van der Waals surface area contributed by atoms with Crippen LogP contribution < -0.4 is 16.3 Å². The van der Waals surface area contributed by atoms with Gasteiger partial charge in [0.25, 0.3) is 0 Å². The van der Waals surface area contributed by atoms with Crippen LogP contribution in [-0.4, -0.2) is 32.1 Å². The number of hydroxylamine groups is 2.